The normalized spacial score (nSPS) is 18.8. The number of likely N-dealkylation sites (tertiary alicyclic amines) is 1. The minimum atomic E-state index is -0.000148. The third-order valence-corrected chi connectivity index (χ3v) is 3.96. The van der Waals surface area contributed by atoms with Crippen LogP contribution in [0.2, 0.25) is 0 Å². The Hall–Kier alpha value is -2.24. The largest absolute Gasteiger partial charge is 0.361 e. The summed E-state index contributed by atoms with van der Waals surface area (Å²) in [6.45, 7) is 5.01. The SMILES string of the molecule is Cc1noc(C)c1C(=O)N1CCC[C@@H](c2cnccn2)C1. The van der Waals surface area contributed by atoms with Crippen LogP contribution in [0.1, 0.15) is 46.3 Å². The molecule has 0 bridgehead atoms. The molecule has 6 heteroatoms. The Kier molecular flexibility index (Phi) is 3.68. The Bertz CT molecular complexity index is 619. The van der Waals surface area contributed by atoms with Gasteiger partial charge in [0.25, 0.3) is 5.91 Å². The van der Waals surface area contributed by atoms with Crippen LogP contribution in [0.25, 0.3) is 0 Å². The fraction of sp³-hybridized carbons (Fsp3) is 0.467. The van der Waals surface area contributed by atoms with Crippen LogP contribution in [-0.4, -0.2) is 39.0 Å². The summed E-state index contributed by atoms with van der Waals surface area (Å²) in [5, 5.41) is 3.86. The number of piperidine rings is 1. The van der Waals surface area contributed by atoms with Crippen LogP contribution in [0, 0.1) is 13.8 Å². The van der Waals surface area contributed by atoms with E-state index in [4.69, 9.17) is 4.52 Å². The van der Waals surface area contributed by atoms with Crippen molar-refractivity contribution in [1.82, 2.24) is 20.0 Å². The summed E-state index contributed by atoms with van der Waals surface area (Å²) in [4.78, 5) is 23.0. The molecule has 21 heavy (non-hydrogen) atoms. The van der Waals surface area contributed by atoms with E-state index in [1.807, 2.05) is 4.90 Å². The summed E-state index contributed by atoms with van der Waals surface area (Å²) in [6.07, 6.45) is 7.15. The highest BCUT2D eigenvalue weighted by atomic mass is 16.5. The standard InChI is InChI=1S/C15H18N4O2/c1-10-14(11(2)21-18-10)15(20)19-7-3-4-12(9-19)13-8-16-5-6-17-13/h5-6,8,12H,3-4,7,9H2,1-2H3/t12-/m1/s1. The summed E-state index contributed by atoms with van der Waals surface area (Å²) in [5.41, 5.74) is 2.20. The highest BCUT2D eigenvalue weighted by molar-refractivity contribution is 5.96. The van der Waals surface area contributed by atoms with Crippen LogP contribution < -0.4 is 0 Å². The number of nitrogens with zero attached hydrogens (tertiary/aromatic N) is 4. The first-order valence-corrected chi connectivity index (χ1v) is 7.15. The number of hydrogen-bond donors (Lipinski definition) is 0. The van der Waals surface area contributed by atoms with Gasteiger partial charge in [0.05, 0.1) is 11.4 Å². The second-order valence-corrected chi connectivity index (χ2v) is 5.42. The van der Waals surface area contributed by atoms with Gasteiger partial charge in [0.1, 0.15) is 11.3 Å². The smallest absolute Gasteiger partial charge is 0.259 e. The zero-order valence-corrected chi connectivity index (χ0v) is 12.2. The Balaban J connectivity index is 1.79. The first-order valence-electron chi connectivity index (χ1n) is 7.15. The first kappa shape index (κ1) is 13.7. The molecule has 0 N–H and O–H groups in total. The Labute approximate surface area is 123 Å². The maximum absolute atomic E-state index is 12.7. The average molecular weight is 286 g/mol. The Morgan fingerprint density at radius 3 is 2.90 bits per heavy atom. The molecule has 1 amide bonds. The molecule has 1 atom stereocenters. The van der Waals surface area contributed by atoms with E-state index in [2.05, 4.69) is 15.1 Å². The van der Waals surface area contributed by atoms with Crippen LogP contribution in [-0.2, 0) is 0 Å². The summed E-state index contributed by atoms with van der Waals surface area (Å²) in [7, 11) is 0. The molecular formula is C15H18N4O2. The summed E-state index contributed by atoms with van der Waals surface area (Å²) in [6, 6.07) is 0. The van der Waals surface area contributed by atoms with E-state index in [9.17, 15) is 4.79 Å². The van der Waals surface area contributed by atoms with E-state index in [1.54, 1.807) is 32.4 Å². The molecule has 3 heterocycles. The molecule has 1 aliphatic heterocycles. The van der Waals surface area contributed by atoms with Crippen molar-refractivity contribution in [2.24, 2.45) is 0 Å². The Morgan fingerprint density at radius 2 is 2.24 bits per heavy atom. The molecule has 2 aromatic rings. The Morgan fingerprint density at radius 1 is 1.38 bits per heavy atom. The highest BCUT2D eigenvalue weighted by Crippen LogP contribution is 2.27. The zero-order valence-electron chi connectivity index (χ0n) is 12.2. The van der Waals surface area contributed by atoms with E-state index < -0.39 is 0 Å². The predicted molar refractivity (Wildman–Crippen MR) is 75.9 cm³/mol. The zero-order chi connectivity index (χ0) is 14.8. The van der Waals surface area contributed by atoms with Gasteiger partial charge in [0.15, 0.2) is 0 Å². The van der Waals surface area contributed by atoms with Crippen LogP contribution in [0.5, 0.6) is 0 Å². The monoisotopic (exact) mass is 286 g/mol. The van der Waals surface area contributed by atoms with E-state index in [0.717, 1.165) is 25.1 Å². The molecule has 1 saturated heterocycles. The molecule has 2 aromatic heterocycles. The van der Waals surface area contributed by atoms with Crippen molar-refractivity contribution >= 4 is 5.91 Å². The van der Waals surface area contributed by atoms with E-state index in [-0.39, 0.29) is 11.8 Å². The molecule has 0 aromatic carbocycles. The third-order valence-electron chi connectivity index (χ3n) is 3.96. The van der Waals surface area contributed by atoms with Gasteiger partial charge in [-0.25, -0.2) is 0 Å². The maximum Gasteiger partial charge on any atom is 0.259 e. The fourth-order valence-electron chi connectivity index (χ4n) is 2.87. The molecular weight excluding hydrogens is 268 g/mol. The number of hydrogen-bond acceptors (Lipinski definition) is 5. The summed E-state index contributed by atoms with van der Waals surface area (Å²) >= 11 is 0. The maximum atomic E-state index is 12.7. The van der Waals surface area contributed by atoms with Crippen molar-refractivity contribution < 1.29 is 9.32 Å². The number of amides is 1. The van der Waals surface area contributed by atoms with Gasteiger partial charge in [0, 0.05) is 37.6 Å². The fourth-order valence-corrected chi connectivity index (χ4v) is 2.87. The van der Waals surface area contributed by atoms with Gasteiger partial charge in [-0.3, -0.25) is 14.8 Å². The van der Waals surface area contributed by atoms with Crippen LogP contribution in [0.3, 0.4) is 0 Å². The average Bonchev–Trinajstić information content (AvgIpc) is 2.86. The van der Waals surface area contributed by atoms with Crippen LogP contribution in [0.4, 0.5) is 0 Å². The summed E-state index contributed by atoms with van der Waals surface area (Å²) in [5.74, 6) is 0.829. The van der Waals surface area contributed by atoms with Crippen molar-refractivity contribution in [3.8, 4) is 0 Å². The molecule has 110 valence electrons. The first-order chi connectivity index (χ1) is 10.2. The minimum Gasteiger partial charge on any atom is -0.361 e. The molecule has 1 aliphatic rings. The topological polar surface area (TPSA) is 72.1 Å². The van der Waals surface area contributed by atoms with Crippen molar-refractivity contribution in [1.29, 1.82) is 0 Å². The number of carbonyl (C=O) groups excluding carboxylic acids is 1. The van der Waals surface area contributed by atoms with Gasteiger partial charge in [0.2, 0.25) is 0 Å². The molecule has 0 radical (unpaired) electrons. The van der Waals surface area contributed by atoms with Crippen LogP contribution >= 0.6 is 0 Å². The molecule has 3 rings (SSSR count). The van der Waals surface area contributed by atoms with Crippen LogP contribution in [0.15, 0.2) is 23.1 Å². The van der Waals surface area contributed by atoms with E-state index >= 15 is 0 Å². The second kappa shape index (κ2) is 5.63. The second-order valence-electron chi connectivity index (χ2n) is 5.42. The third kappa shape index (κ3) is 2.66. The van der Waals surface area contributed by atoms with Gasteiger partial charge in [-0.2, -0.15) is 0 Å². The van der Waals surface area contributed by atoms with E-state index in [1.165, 1.54) is 0 Å². The predicted octanol–water partition coefficient (Wildman–Crippen LogP) is 2.10. The lowest BCUT2D eigenvalue weighted by Gasteiger charge is -2.32. The van der Waals surface area contributed by atoms with Gasteiger partial charge in [-0.05, 0) is 26.7 Å². The lowest BCUT2D eigenvalue weighted by Crippen LogP contribution is -2.39. The number of aryl methyl sites for hydroxylation is 2. The van der Waals surface area contributed by atoms with Crippen molar-refractivity contribution in [2.75, 3.05) is 13.1 Å². The van der Waals surface area contributed by atoms with Gasteiger partial charge in [-0.15, -0.1) is 0 Å². The molecule has 1 fully saturated rings. The van der Waals surface area contributed by atoms with Gasteiger partial charge >= 0.3 is 0 Å². The summed E-state index contributed by atoms with van der Waals surface area (Å²) < 4.78 is 5.10. The van der Waals surface area contributed by atoms with Gasteiger partial charge in [-0.1, -0.05) is 5.16 Å². The highest BCUT2D eigenvalue weighted by Gasteiger charge is 2.29. The number of rotatable bonds is 2. The molecule has 6 nitrogen and oxygen atoms in total. The van der Waals surface area contributed by atoms with Crippen molar-refractivity contribution in [2.45, 2.75) is 32.6 Å². The lowest BCUT2D eigenvalue weighted by molar-refractivity contribution is 0.0703. The number of aromatic nitrogens is 3. The molecule has 0 unspecified atom stereocenters. The van der Waals surface area contributed by atoms with Crippen molar-refractivity contribution in [3.05, 3.63) is 41.3 Å². The number of carbonyl (C=O) groups is 1. The molecule has 0 spiro atoms. The van der Waals surface area contributed by atoms with E-state index in [0.29, 0.717) is 23.6 Å². The quantitative estimate of drug-likeness (QED) is 0.845. The lowest BCUT2D eigenvalue weighted by atomic mass is 9.94. The van der Waals surface area contributed by atoms with Gasteiger partial charge < -0.3 is 9.42 Å². The molecule has 0 aliphatic carbocycles. The molecule has 0 saturated carbocycles. The minimum absolute atomic E-state index is 0.000148. The van der Waals surface area contributed by atoms with Crippen molar-refractivity contribution in [3.63, 3.8) is 0 Å².